The lowest BCUT2D eigenvalue weighted by atomic mass is 10.1. The minimum Gasteiger partial charge on any atom is -0.465 e. The van der Waals surface area contributed by atoms with E-state index in [1.807, 2.05) is 41.3 Å². The SMILES string of the molecule is COC(=O)c1ccc(N2Cc3ccccc3C2=NC(=O)c2ccc(Cl)cc2)cc1. The molecule has 0 fully saturated rings. The van der Waals surface area contributed by atoms with Crippen molar-refractivity contribution in [2.24, 2.45) is 4.99 Å². The van der Waals surface area contributed by atoms with Crippen LogP contribution in [0, 0.1) is 0 Å². The zero-order chi connectivity index (χ0) is 20.4. The minimum absolute atomic E-state index is 0.343. The Morgan fingerprint density at radius 2 is 1.59 bits per heavy atom. The summed E-state index contributed by atoms with van der Waals surface area (Å²) in [6, 6.07) is 21.5. The quantitative estimate of drug-likeness (QED) is 0.592. The monoisotopic (exact) mass is 404 g/mol. The second-order valence-corrected chi connectivity index (χ2v) is 6.97. The highest BCUT2D eigenvalue weighted by molar-refractivity contribution is 6.30. The van der Waals surface area contributed by atoms with Crippen molar-refractivity contribution in [3.05, 3.63) is 100 Å². The van der Waals surface area contributed by atoms with Crippen molar-refractivity contribution >= 4 is 35.0 Å². The molecule has 1 amide bonds. The van der Waals surface area contributed by atoms with Crippen molar-refractivity contribution in [1.82, 2.24) is 0 Å². The lowest BCUT2D eigenvalue weighted by molar-refractivity contribution is 0.0600. The van der Waals surface area contributed by atoms with Crippen LogP contribution in [0.25, 0.3) is 0 Å². The molecule has 0 N–H and O–H groups in total. The fourth-order valence-electron chi connectivity index (χ4n) is 3.25. The first-order valence-electron chi connectivity index (χ1n) is 8.99. The van der Waals surface area contributed by atoms with Gasteiger partial charge in [-0.25, -0.2) is 4.79 Å². The molecule has 0 aliphatic carbocycles. The maximum Gasteiger partial charge on any atom is 0.337 e. The molecule has 0 aromatic heterocycles. The standard InChI is InChI=1S/C23H17ClN2O3/c1-29-23(28)16-8-12-19(13-9-16)26-14-17-4-2-3-5-20(17)21(26)25-22(27)15-6-10-18(24)11-7-15/h2-13H,14H2,1H3. The van der Waals surface area contributed by atoms with Crippen molar-refractivity contribution in [2.45, 2.75) is 6.54 Å². The molecule has 6 heteroatoms. The van der Waals surface area contributed by atoms with Gasteiger partial charge in [0.2, 0.25) is 0 Å². The first-order valence-corrected chi connectivity index (χ1v) is 9.37. The van der Waals surface area contributed by atoms with Gasteiger partial charge in [-0.15, -0.1) is 0 Å². The summed E-state index contributed by atoms with van der Waals surface area (Å²) in [5.74, 6) is -0.163. The fraction of sp³-hybridized carbons (Fsp3) is 0.0870. The summed E-state index contributed by atoms with van der Waals surface area (Å²) in [5.41, 5.74) is 3.74. The number of carbonyl (C=O) groups excluding carboxylic acids is 2. The third-order valence-corrected chi connectivity index (χ3v) is 4.99. The second kappa shape index (κ2) is 7.89. The van der Waals surface area contributed by atoms with E-state index in [1.54, 1.807) is 36.4 Å². The number of nitrogens with zero attached hydrogens (tertiary/aromatic N) is 2. The molecular weight excluding hydrogens is 388 g/mol. The molecule has 3 aromatic carbocycles. The van der Waals surface area contributed by atoms with Crippen LogP contribution in [-0.2, 0) is 11.3 Å². The number of anilines is 1. The Morgan fingerprint density at radius 3 is 2.28 bits per heavy atom. The number of ether oxygens (including phenoxy) is 1. The zero-order valence-corrected chi connectivity index (χ0v) is 16.4. The highest BCUT2D eigenvalue weighted by Gasteiger charge is 2.27. The van der Waals surface area contributed by atoms with Crippen LogP contribution in [0.4, 0.5) is 5.69 Å². The van der Waals surface area contributed by atoms with Crippen LogP contribution in [0.15, 0.2) is 77.8 Å². The summed E-state index contributed by atoms with van der Waals surface area (Å²) < 4.78 is 4.75. The summed E-state index contributed by atoms with van der Waals surface area (Å²) in [6.07, 6.45) is 0. The predicted molar refractivity (Wildman–Crippen MR) is 113 cm³/mol. The van der Waals surface area contributed by atoms with E-state index < -0.39 is 5.97 Å². The van der Waals surface area contributed by atoms with Gasteiger partial charge in [-0.2, -0.15) is 4.99 Å². The molecule has 0 radical (unpaired) electrons. The molecular formula is C23H17ClN2O3. The molecule has 4 rings (SSSR count). The summed E-state index contributed by atoms with van der Waals surface area (Å²) in [7, 11) is 1.35. The minimum atomic E-state index is -0.395. The van der Waals surface area contributed by atoms with Crippen molar-refractivity contribution < 1.29 is 14.3 Å². The Kier molecular flexibility index (Phi) is 5.14. The van der Waals surface area contributed by atoms with Gasteiger partial charge in [0.05, 0.1) is 19.2 Å². The molecule has 0 saturated heterocycles. The Hall–Kier alpha value is -3.44. The number of halogens is 1. The first kappa shape index (κ1) is 18.9. The highest BCUT2D eigenvalue weighted by Crippen LogP contribution is 2.29. The smallest absolute Gasteiger partial charge is 0.337 e. The van der Waals surface area contributed by atoms with Gasteiger partial charge in [-0.3, -0.25) is 4.79 Å². The number of hydrogen-bond acceptors (Lipinski definition) is 3. The maximum atomic E-state index is 12.8. The average molecular weight is 405 g/mol. The Morgan fingerprint density at radius 1 is 0.931 bits per heavy atom. The summed E-state index contributed by atoms with van der Waals surface area (Å²) in [6.45, 7) is 0.584. The number of amidine groups is 1. The number of rotatable bonds is 3. The number of benzene rings is 3. The molecule has 5 nitrogen and oxygen atoms in total. The molecule has 144 valence electrons. The third-order valence-electron chi connectivity index (χ3n) is 4.74. The average Bonchev–Trinajstić information content (AvgIpc) is 3.12. The first-order chi connectivity index (χ1) is 14.1. The number of methoxy groups -OCH3 is 1. The Bertz CT molecular complexity index is 1110. The van der Waals surface area contributed by atoms with Gasteiger partial charge in [0.25, 0.3) is 5.91 Å². The summed E-state index contributed by atoms with van der Waals surface area (Å²) >= 11 is 5.91. The van der Waals surface area contributed by atoms with Crippen LogP contribution in [0.5, 0.6) is 0 Å². The molecule has 3 aromatic rings. The van der Waals surface area contributed by atoms with Crippen molar-refractivity contribution in [2.75, 3.05) is 12.0 Å². The van der Waals surface area contributed by atoms with Crippen LogP contribution in [0.3, 0.4) is 0 Å². The van der Waals surface area contributed by atoms with Crippen molar-refractivity contribution in [3.63, 3.8) is 0 Å². The molecule has 0 unspecified atom stereocenters. The van der Waals surface area contributed by atoms with Crippen LogP contribution >= 0.6 is 11.6 Å². The van der Waals surface area contributed by atoms with Crippen LogP contribution in [0.2, 0.25) is 5.02 Å². The normalized spacial score (nSPS) is 14.0. The molecule has 1 heterocycles. The Labute approximate surface area is 173 Å². The Balaban J connectivity index is 1.72. The number of aliphatic imine (C=N–C) groups is 1. The van der Waals surface area contributed by atoms with Crippen LogP contribution in [-0.4, -0.2) is 24.8 Å². The van der Waals surface area contributed by atoms with Gasteiger partial charge < -0.3 is 9.64 Å². The van der Waals surface area contributed by atoms with E-state index >= 15 is 0 Å². The molecule has 1 aliphatic rings. The van der Waals surface area contributed by atoms with E-state index in [9.17, 15) is 9.59 Å². The van der Waals surface area contributed by atoms with Crippen molar-refractivity contribution in [1.29, 1.82) is 0 Å². The number of amides is 1. The summed E-state index contributed by atoms with van der Waals surface area (Å²) in [4.78, 5) is 30.8. The largest absolute Gasteiger partial charge is 0.465 e. The van der Waals surface area contributed by atoms with E-state index in [2.05, 4.69) is 4.99 Å². The molecule has 0 spiro atoms. The number of carbonyl (C=O) groups is 2. The molecule has 0 saturated carbocycles. The van der Waals surface area contributed by atoms with E-state index in [4.69, 9.17) is 16.3 Å². The number of esters is 1. The van der Waals surface area contributed by atoms with Gasteiger partial charge in [0.15, 0.2) is 0 Å². The zero-order valence-electron chi connectivity index (χ0n) is 15.6. The lowest BCUT2D eigenvalue weighted by Gasteiger charge is -2.19. The van der Waals surface area contributed by atoms with E-state index in [-0.39, 0.29) is 5.91 Å². The van der Waals surface area contributed by atoms with Crippen molar-refractivity contribution in [3.8, 4) is 0 Å². The molecule has 0 bridgehead atoms. The summed E-state index contributed by atoms with van der Waals surface area (Å²) in [5, 5.41) is 0.563. The third kappa shape index (κ3) is 3.77. The van der Waals surface area contributed by atoms with Gasteiger partial charge in [-0.05, 0) is 54.1 Å². The second-order valence-electron chi connectivity index (χ2n) is 6.53. The topological polar surface area (TPSA) is 59.0 Å². The number of hydrogen-bond donors (Lipinski definition) is 0. The van der Waals surface area contributed by atoms with Crippen LogP contribution < -0.4 is 4.90 Å². The highest BCUT2D eigenvalue weighted by atomic mass is 35.5. The lowest BCUT2D eigenvalue weighted by Crippen LogP contribution is -2.25. The number of fused-ring (bicyclic) bond motifs is 1. The maximum absolute atomic E-state index is 12.8. The van der Waals surface area contributed by atoms with Gasteiger partial charge in [0.1, 0.15) is 5.84 Å². The molecule has 29 heavy (non-hydrogen) atoms. The van der Waals surface area contributed by atoms with Crippen LogP contribution in [0.1, 0.15) is 31.8 Å². The predicted octanol–water partition coefficient (Wildman–Crippen LogP) is 4.73. The van der Waals surface area contributed by atoms with E-state index in [0.29, 0.717) is 28.5 Å². The van der Waals surface area contributed by atoms with Gasteiger partial charge in [-0.1, -0.05) is 35.9 Å². The molecule has 0 atom stereocenters. The van der Waals surface area contributed by atoms with E-state index in [0.717, 1.165) is 16.8 Å². The van der Waals surface area contributed by atoms with E-state index in [1.165, 1.54) is 7.11 Å². The van der Waals surface area contributed by atoms with Gasteiger partial charge >= 0.3 is 5.97 Å². The fourth-order valence-corrected chi connectivity index (χ4v) is 3.38. The van der Waals surface area contributed by atoms with Gasteiger partial charge in [0, 0.05) is 21.8 Å². The molecule has 1 aliphatic heterocycles.